The van der Waals surface area contributed by atoms with E-state index >= 15 is 0 Å². The van der Waals surface area contributed by atoms with E-state index in [4.69, 9.17) is 4.74 Å². The summed E-state index contributed by atoms with van der Waals surface area (Å²) in [6.07, 6.45) is 13.5. The van der Waals surface area contributed by atoms with Crippen molar-refractivity contribution in [2.75, 3.05) is 5.32 Å². The topological polar surface area (TPSA) is 21.3 Å². The van der Waals surface area contributed by atoms with E-state index in [2.05, 4.69) is 91.3 Å². The van der Waals surface area contributed by atoms with Crippen LogP contribution in [0.25, 0.3) is 27.8 Å². The highest BCUT2D eigenvalue weighted by Gasteiger charge is 2.11. The third-order valence-electron chi connectivity index (χ3n) is 6.30. The highest BCUT2D eigenvalue weighted by Crippen LogP contribution is 2.31. The van der Waals surface area contributed by atoms with Crippen LogP contribution in [0.3, 0.4) is 0 Å². The fraction of sp³-hybridized carbons (Fsp3) is 0. The molecule has 2 nitrogen and oxygen atoms in total. The van der Waals surface area contributed by atoms with Gasteiger partial charge in [0.05, 0.1) is 0 Å². The van der Waals surface area contributed by atoms with Crippen LogP contribution in [0.15, 0.2) is 170 Å². The van der Waals surface area contributed by atoms with Crippen molar-refractivity contribution in [3.8, 4) is 28.0 Å². The first kappa shape index (κ1) is 24.6. The Morgan fingerprint density at radius 2 is 1.32 bits per heavy atom. The third-order valence-corrected chi connectivity index (χ3v) is 6.30. The number of ether oxygens (including phenoxy) is 1. The molecule has 1 heterocycles. The van der Waals surface area contributed by atoms with Crippen LogP contribution in [-0.4, -0.2) is 0 Å². The molecule has 0 saturated carbocycles. The van der Waals surface area contributed by atoms with Crippen molar-refractivity contribution in [3.63, 3.8) is 0 Å². The Balaban J connectivity index is 1.28. The first-order valence-electron chi connectivity index (χ1n) is 12.6. The lowest BCUT2D eigenvalue weighted by Crippen LogP contribution is -2.02. The Kier molecular flexibility index (Phi) is 7.62. The summed E-state index contributed by atoms with van der Waals surface area (Å²) in [4.78, 5) is 0. The minimum atomic E-state index is 0.730. The van der Waals surface area contributed by atoms with Crippen LogP contribution >= 0.6 is 0 Å². The first-order chi connectivity index (χ1) is 18.7. The number of hydrogen-bond donors (Lipinski definition) is 1. The molecular formula is C36H29NO. The summed E-state index contributed by atoms with van der Waals surface area (Å²) < 4.78 is 6.28. The summed E-state index contributed by atoms with van der Waals surface area (Å²) in [5.41, 5.74) is 8.59. The van der Waals surface area contributed by atoms with E-state index in [-0.39, 0.29) is 0 Å². The van der Waals surface area contributed by atoms with Gasteiger partial charge in [-0.3, -0.25) is 0 Å². The summed E-state index contributed by atoms with van der Waals surface area (Å²) in [6.45, 7) is 8.01. The summed E-state index contributed by atoms with van der Waals surface area (Å²) in [5.74, 6) is 1.50. The van der Waals surface area contributed by atoms with E-state index in [1.807, 2.05) is 66.9 Å². The summed E-state index contributed by atoms with van der Waals surface area (Å²) >= 11 is 0. The van der Waals surface area contributed by atoms with Gasteiger partial charge in [0.2, 0.25) is 0 Å². The molecule has 0 unspecified atom stereocenters. The maximum Gasteiger partial charge on any atom is 0.135 e. The first-order valence-corrected chi connectivity index (χ1v) is 12.6. The van der Waals surface area contributed by atoms with Gasteiger partial charge in [-0.15, -0.1) is 0 Å². The molecule has 4 aromatic carbocycles. The minimum absolute atomic E-state index is 0.730. The van der Waals surface area contributed by atoms with Gasteiger partial charge in [0.1, 0.15) is 11.5 Å². The zero-order valence-electron chi connectivity index (χ0n) is 21.2. The van der Waals surface area contributed by atoms with Gasteiger partial charge in [-0.1, -0.05) is 122 Å². The molecule has 1 aliphatic heterocycles. The number of nitrogens with one attached hydrogen (secondary N) is 1. The molecule has 0 atom stereocenters. The van der Waals surface area contributed by atoms with E-state index < -0.39 is 0 Å². The molecule has 0 saturated heterocycles. The lowest BCUT2D eigenvalue weighted by molar-refractivity contribution is 0.437. The molecule has 5 rings (SSSR count). The second-order valence-electron chi connectivity index (χ2n) is 8.87. The van der Waals surface area contributed by atoms with Crippen molar-refractivity contribution in [2.45, 2.75) is 0 Å². The molecule has 1 aliphatic rings. The molecule has 38 heavy (non-hydrogen) atoms. The van der Waals surface area contributed by atoms with Crippen molar-refractivity contribution in [1.29, 1.82) is 0 Å². The summed E-state index contributed by atoms with van der Waals surface area (Å²) in [7, 11) is 0. The van der Waals surface area contributed by atoms with E-state index in [1.165, 1.54) is 22.3 Å². The molecule has 0 radical (unpaired) electrons. The van der Waals surface area contributed by atoms with Crippen molar-refractivity contribution in [1.82, 2.24) is 0 Å². The van der Waals surface area contributed by atoms with Gasteiger partial charge in [0.15, 0.2) is 0 Å². The highest BCUT2D eigenvalue weighted by molar-refractivity contribution is 5.77. The van der Waals surface area contributed by atoms with Crippen molar-refractivity contribution < 1.29 is 4.74 Å². The molecule has 2 heteroatoms. The number of hydrogen-bond acceptors (Lipinski definition) is 2. The number of rotatable bonds is 7. The Labute approximate surface area is 225 Å². The molecule has 0 amide bonds. The summed E-state index contributed by atoms with van der Waals surface area (Å²) in [6, 6.07) is 35.4. The average Bonchev–Trinajstić information content (AvgIpc) is 2.96. The maximum atomic E-state index is 6.28. The number of benzene rings is 4. The molecule has 0 aliphatic carbocycles. The Bertz CT molecular complexity index is 1550. The molecule has 184 valence electrons. The minimum Gasteiger partial charge on any atom is -0.456 e. The SMILES string of the molecule is C=C/C=C(\C=C/Nc1ccc(-c2ccc(-c3ccccc3)cc2)cc1)C1=C/C=C\C(=C)c2ccccc2O\1. The van der Waals surface area contributed by atoms with Crippen LogP contribution in [0.5, 0.6) is 5.75 Å². The van der Waals surface area contributed by atoms with Gasteiger partial charge >= 0.3 is 0 Å². The van der Waals surface area contributed by atoms with Crippen LogP contribution in [0.1, 0.15) is 5.56 Å². The van der Waals surface area contributed by atoms with E-state index in [9.17, 15) is 0 Å². The van der Waals surface area contributed by atoms with Crippen LogP contribution in [0, 0.1) is 0 Å². The number of para-hydroxylation sites is 1. The lowest BCUT2D eigenvalue weighted by Gasteiger charge is -2.16. The molecular weight excluding hydrogens is 462 g/mol. The van der Waals surface area contributed by atoms with Crippen molar-refractivity contribution in [3.05, 3.63) is 176 Å². The van der Waals surface area contributed by atoms with Gasteiger partial charge in [0.25, 0.3) is 0 Å². The molecule has 0 fully saturated rings. The van der Waals surface area contributed by atoms with Gasteiger partial charge in [-0.2, -0.15) is 0 Å². The van der Waals surface area contributed by atoms with Crippen molar-refractivity contribution in [2.24, 2.45) is 0 Å². The average molecular weight is 492 g/mol. The summed E-state index contributed by atoms with van der Waals surface area (Å²) in [5, 5.41) is 3.37. The lowest BCUT2D eigenvalue weighted by atomic mass is 10.0. The number of fused-ring (bicyclic) bond motifs is 1. The molecule has 1 N–H and O–H groups in total. The molecule has 0 bridgehead atoms. The van der Waals surface area contributed by atoms with E-state index in [0.29, 0.717) is 0 Å². The molecule has 0 spiro atoms. The second kappa shape index (κ2) is 11.8. The van der Waals surface area contributed by atoms with Gasteiger partial charge in [-0.05, 0) is 58.2 Å². The normalized spacial score (nSPS) is 15.4. The Hall–Kier alpha value is -5.08. The van der Waals surface area contributed by atoms with Gasteiger partial charge in [-0.25, -0.2) is 0 Å². The quantitative estimate of drug-likeness (QED) is 0.260. The Morgan fingerprint density at radius 1 is 0.711 bits per heavy atom. The number of anilines is 1. The van der Waals surface area contributed by atoms with E-state index in [1.54, 1.807) is 6.08 Å². The standard InChI is InChI=1S/C36H29NO/c1-3-10-32(35-16-9-11-27(2)34-14-7-8-15-36(34)38-35)25-26-37-33-23-21-31(22-24-33)30-19-17-29(18-20-30)28-12-5-4-6-13-28/h3-26,37H,1-2H2/b11-9-,26-25-,32-10+,35-16-. The maximum absolute atomic E-state index is 6.28. The molecule has 4 aromatic rings. The van der Waals surface area contributed by atoms with Crippen LogP contribution in [-0.2, 0) is 0 Å². The van der Waals surface area contributed by atoms with Crippen molar-refractivity contribution >= 4 is 11.3 Å². The second-order valence-corrected chi connectivity index (χ2v) is 8.87. The predicted octanol–water partition coefficient (Wildman–Crippen LogP) is 9.60. The van der Waals surface area contributed by atoms with Gasteiger partial charge in [0, 0.05) is 23.0 Å². The van der Waals surface area contributed by atoms with Gasteiger partial charge < -0.3 is 10.1 Å². The molecule has 0 aromatic heterocycles. The van der Waals surface area contributed by atoms with E-state index in [0.717, 1.165) is 33.9 Å². The van der Waals surface area contributed by atoms with Crippen LogP contribution in [0.4, 0.5) is 5.69 Å². The van der Waals surface area contributed by atoms with Crippen LogP contribution < -0.4 is 10.1 Å². The highest BCUT2D eigenvalue weighted by atomic mass is 16.5. The fourth-order valence-electron chi connectivity index (χ4n) is 4.29. The smallest absolute Gasteiger partial charge is 0.135 e. The zero-order chi connectivity index (χ0) is 26.2. The largest absolute Gasteiger partial charge is 0.456 e. The fourth-order valence-corrected chi connectivity index (χ4v) is 4.29. The number of allylic oxidation sites excluding steroid dienone is 7. The van der Waals surface area contributed by atoms with Crippen LogP contribution in [0.2, 0.25) is 0 Å². The monoisotopic (exact) mass is 491 g/mol. The third kappa shape index (κ3) is 5.83. The Morgan fingerprint density at radius 3 is 2.00 bits per heavy atom. The predicted molar refractivity (Wildman–Crippen MR) is 162 cm³/mol. The zero-order valence-corrected chi connectivity index (χ0v) is 21.2.